The fourth-order valence-electron chi connectivity index (χ4n) is 3.27. The molecule has 3 aromatic rings. The van der Waals surface area contributed by atoms with E-state index in [1.165, 1.54) is 23.2 Å². The number of hydrogen-bond acceptors (Lipinski definition) is 6. The molecule has 0 atom stereocenters. The van der Waals surface area contributed by atoms with Gasteiger partial charge in [0.1, 0.15) is 11.5 Å². The predicted molar refractivity (Wildman–Crippen MR) is 117 cm³/mol. The molecule has 0 saturated heterocycles. The van der Waals surface area contributed by atoms with Crippen LogP contribution in [-0.2, 0) is 4.79 Å². The van der Waals surface area contributed by atoms with Crippen molar-refractivity contribution in [3.8, 4) is 17.1 Å². The summed E-state index contributed by atoms with van der Waals surface area (Å²) >= 11 is 0. The number of nitrogens with zero attached hydrogens (tertiary/aromatic N) is 3. The van der Waals surface area contributed by atoms with Crippen molar-refractivity contribution in [1.29, 1.82) is 0 Å². The van der Waals surface area contributed by atoms with Crippen molar-refractivity contribution in [3.63, 3.8) is 0 Å². The molecule has 1 aliphatic heterocycles. The van der Waals surface area contributed by atoms with Crippen LogP contribution in [0.3, 0.4) is 0 Å². The van der Waals surface area contributed by atoms with Crippen LogP contribution in [0.1, 0.15) is 23.8 Å². The quantitative estimate of drug-likeness (QED) is 0.366. The minimum Gasteiger partial charge on any atom is -0.502 e. The molecule has 0 fully saturated rings. The smallest absolute Gasteiger partial charge is 0.311 e. The van der Waals surface area contributed by atoms with Crippen LogP contribution in [0.5, 0.6) is 5.75 Å². The summed E-state index contributed by atoms with van der Waals surface area (Å²) in [7, 11) is 0. The summed E-state index contributed by atoms with van der Waals surface area (Å²) in [6, 6.07) is 13.0. The SMILES string of the molecule is CC1=NN(c2ccc(C)c(C)c2)C(=O)C1=Cc1ccc(-c2ccc(O)c([N+](=O)[O-])c2)o1. The maximum atomic E-state index is 12.9. The van der Waals surface area contributed by atoms with Crippen molar-refractivity contribution in [2.75, 3.05) is 5.01 Å². The topological polar surface area (TPSA) is 109 Å². The lowest BCUT2D eigenvalue weighted by Crippen LogP contribution is -2.21. The molecule has 8 nitrogen and oxygen atoms in total. The number of benzene rings is 2. The maximum absolute atomic E-state index is 12.9. The van der Waals surface area contributed by atoms with Gasteiger partial charge in [-0.15, -0.1) is 0 Å². The van der Waals surface area contributed by atoms with E-state index in [-0.39, 0.29) is 5.91 Å². The van der Waals surface area contributed by atoms with Crippen LogP contribution >= 0.6 is 0 Å². The third kappa shape index (κ3) is 3.71. The van der Waals surface area contributed by atoms with E-state index in [9.17, 15) is 20.0 Å². The summed E-state index contributed by atoms with van der Waals surface area (Å²) in [5.74, 6) is 0.100. The van der Waals surface area contributed by atoms with Crippen LogP contribution in [-0.4, -0.2) is 21.6 Å². The zero-order valence-corrected chi connectivity index (χ0v) is 17.1. The Morgan fingerprint density at radius 2 is 1.84 bits per heavy atom. The van der Waals surface area contributed by atoms with Gasteiger partial charge in [0.15, 0.2) is 5.75 Å². The lowest BCUT2D eigenvalue weighted by Gasteiger charge is -2.13. The molecule has 8 heteroatoms. The molecule has 2 heterocycles. The summed E-state index contributed by atoms with van der Waals surface area (Å²) in [5.41, 5.74) is 3.86. The van der Waals surface area contributed by atoms with Crippen molar-refractivity contribution in [2.24, 2.45) is 5.10 Å². The average Bonchev–Trinajstić information content (AvgIpc) is 3.30. The number of amides is 1. The van der Waals surface area contributed by atoms with Crippen LogP contribution in [0.2, 0.25) is 0 Å². The highest BCUT2D eigenvalue weighted by Crippen LogP contribution is 2.33. The molecule has 1 amide bonds. The first kappa shape index (κ1) is 20.1. The molecule has 31 heavy (non-hydrogen) atoms. The summed E-state index contributed by atoms with van der Waals surface area (Å²) in [6.07, 6.45) is 1.60. The van der Waals surface area contributed by atoms with E-state index < -0.39 is 16.4 Å². The average molecular weight is 417 g/mol. The highest BCUT2D eigenvalue weighted by atomic mass is 16.6. The Balaban J connectivity index is 1.63. The van der Waals surface area contributed by atoms with E-state index in [0.717, 1.165) is 11.1 Å². The number of aromatic hydroxyl groups is 1. The molecule has 0 spiro atoms. The van der Waals surface area contributed by atoms with Gasteiger partial charge in [0.2, 0.25) is 0 Å². The summed E-state index contributed by atoms with van der Waals surface area (Å²) in [6.45, 7) is 5.73. The van der Waals surface area contributed by atoms with E-state index >= 15 is 0 Å². The van der Waals surface area contributed by atoms with Gasteiger partial charge < -0.3 is 9.52 Å². The minimum absolute atomic E-state index is 0.265. The number of hydrogen-bond donors (Lipinski definition) is 1. The number of aryl methyl sites for hydroxylation is 2. The Bertz CT molecular complexity index is 1290. The molecule has 2 aromatic carbocycles. The number of rotatable bonds is 4. The van der Waals surface area contributed by atoms with E-state index in [2.05, 4.69) is 5.10 Å². The number of phenolic OH excluding ortho intramolecular Hbond substituents is 1. The van der Waals surface area contributed by atoms with E-state index in [1.807, 2.05) is 32.0 Å². The first-order valence-corrected chi connectivity index (χ1v) is 9.51. The van der Waals surface area contributed by atoms with E-state index in [4.69, 9.17) is 4.42 Å². The van der Waals surface area contributed by atoms with Gasteiger partial charge in [-0.25, -0.2) is 0 Å². The molecular formula is C23H19N3O5. The minimum atomic E-state index is -0.664. The lowest BCUT2D eigenvalue weighted by atomic mass is 10.1. The third-order valence-corrected chi connectivity index (χ3v) is 5.17. The second-order valence-corrected chi connectivity index (χ2v) is 7.29. The first-order valence-electron chi connectivity index (χ1n) is 9.51. The van der Waals surface area contributed by atoms with Crippen LogP contribution < -0.4 is 5.01 Å². The Kier molecular flexibility index (Phi) is 4.90. The van der Waals surface area contributed by atoms with Crippen molar-refractivity contribution >= 4 is 29.1 Å². The fraction of sp³-hybridized carbons (Fsp3) is 0.130. The number of furan rings is 1. The van der Waals surface area contributed by atoms with Gasteiger partial charge in [-0.3, -0.25) is 14.9 Å². The Morgan fingerprint density at radius 3 is 2.55 bits per heavy atom. The normalized spacial score (nSPS) is 14.9. The third-order valence-electron chi connectivity index (χ3n) is 5.17. The van der Waals surface area contributed by atoms with Gasteiger partial charge in [-0.2, -0.15) is 10.1 Å². The molecule has 1 aromatic heterocycles. The Hall–Kier alpha value is -4.20. The second kappa shape index (κ2) is 7.56. The van der Waals surface area contributed by atoms with Crippen molar-refractivity contribution in [2.45, 2.75) is 20.8 Å². The molecule has 1 aliphatic rings. The van der Waals surface area contributed by atoms with Gasteiger partial charge in [0, 0.05) is 11.6 Å². The first-order chi connectivity index (χ1) is 14.7. The van der Waals surface area contributed by atoms with Gasteiger partial charge in [0.25, 0.3) is 5.91 Å². The number of anilines is 1. The highest BCUT2D eigenvalue weighted by molar-refractivity contribution is 6.32. The molecule has 0 saturated carbocycles. The number of nitro benzene ring substituents is 1. The summed E-state index contributed by atoms with van der Waals surface area (Å²) < 4.78 is 5.77. The van der Waals surface area contributed by atoms with Gasteiger partial charge in [-0.05, 0) is 74.4 Å². The van der Waals surface area contributed by atoms with Crippen molar-refractivity contribution in [3.05, 3.63) is 81.1 Å². The molecular weight excluding hydrogens is 398 g/mol. The number of hydrazone groups is 1. The van der Waals surface area contributed by atoms with Gasteiger partial charge in [-0.1, -0.05) is 6.07 Å². The summed E-state index contributed by atoms with van der Waals surface area (Å²) in [4.78, 5) is 23.3. The lowest BCUT2D eigenvalue weighted by molar-refractivity contribution is -0.385. The van der Waals surface area contributed by atoms with Crippen LogP contribution in [0.25, 0.3) is 17.4 Å². The molecule has 0 bridgehead atoms. The van der Waals surface area contributed by atoms with E-state index in [1.54, 1.807) is 25.1 Å². The van der Waals surface area contributed by atoms with Gasteiger partial charge in [0.05, 0.1) is 21.9 Å². The molecule has 156 valence electrons. The number of nitro groups is 1. The molecule has 0 unspecified atom stereocenters. The monoisotopic (exact) mass is 417 g/mol. The largest absolute Gasteiger partial charge is 0.502 e. The van der Waals surface area contributed by atoms with Crippen LogP contribution in [0.15, 0.2) is 63.6 Å². The number of phenols is 1. The molecule has 1 N–H and O–H groups in total. The Morgan fingerprint density at radius 1 is 1.06 bits per heavy atom. The van der Waals surface area contributed by atoms with Crippen molar-refractivity contribution < 1.29 is 19.2 Å². The fourth-order valence-corrected chi connectivity index (χ4v) is 3.27. The zero-order valence-electron chi connectivity index (χ0n) is 17.1. The van der Waals surface area contributed by atoms with Gasteiger partial charge >= 0.3 is 5.69 Å². The molecule has 0 radical (unpaired) electrons. The highest BCUT2D eigenvalue weighted by Gasteiger charge is 2.29. The van der Waals surface area contributed by atoms with Crippen LogP contribution in [0.4, 0.5) is 11.4 Å². The number of carbonyl (C=O) groups excluding carboxylic acids is 1. The molecule has 4 rings (SSSR count). The van der Waals surface area contributed by atoms with Crippen molar-refractivity contribution in [1.82, 2.24) is 0 Å². The maximum Gasteiger partial charge on any atom is 0.311 e. The van der Waals surface area contributed by atoms with E-state index in [0.29, 0.717) is 34.1 Å². The predicted octanol–water partition coefficient (Wildman–Crippen LogP) is 4.98. The standard InChI is InChI=1S/C23H19N3O5/c1-13-4-6-17(10-14(13)2)25-23(28)19(15(3)24-25)12-18-7-9-22(31-18)16-5-8-21(27)20(11-16)26(29)30/h4-12,27H,1-3H3. The zero-order chi connectivity index (χ0) is 22.3. The number of carbonyl (C=O) groups is 1. The Labute approximate surface area is 177 Å². The van der Waals surface area contributed by atoms with Crippen LogP contribution in [0, 0.1) is 24.0 Å². The molecule has 0 aliphatic carbocycles. The second-order valence-electron chi connectivity index (χ2n) is 7.29. The summed E-state index contributed by atoms with van der Waals surface area (Å²) in [5, 5.41) is 26.4.